The Bertz CT molecular complexity index is 664. The quantitative estimate of drug-likeness (QED) is 0.744. The molecular weight excluding hydrogens is 294 g/mol. The van der Waals surface area contributed by atoms with Crippen LogP contribution in [0.15, 0.2) is 18.2 Å². The molecule has 116 valence electrons. The molecule has 21 heavy (non-hydrogen) atoms. The Labute approximate surface area is 123 Å². The lowest BCUT2D eigenvalue weighted by Gasteiger charge is -2.18. The number of carbonyl (C=O) groups is 1. The third-order valence-corrected chi connectivity index (χ3v) is 4.12. The average molecular weight is 313 g/mol. The Morgan fingerprint density at radius 3 is 2.71 bits per heavy atom. The van der Waals surface area contributed by atoms with E-state index in [1.54, 1.807) is 18.2 Å². The third-order valence-electron chi connectivity index (χ3n) is 3.12. The minimum atomic E-state index is -3.81. The molecule has 0 radical (unpaired) electrons. The number of rotatable bonds is 4. The second-order valence-electron chi connectivity index (χ2n) is 5.75. The lowest BCUT2D eigenvalue weighted by atomic mass is 10.1. The number of hydrogen-bond donors (Lipinski definition) is 3. The molecule has 1 aliphatic heterocycles. The van der Waals surface area contributed by atoms with Gasteiger partial charge >= 0.3 is 0 Å². The van der Waals surface area contributed by atoms with E-state index in [0.29, 0.717) is 24.3 Å². The van der Waals surface area contributed by atoms with Crippen molar-refractivity contribution in [1.82, 2.24) is 0 Å². The van der Waals surface area contributed by atoms with Gasteiger partial charge in [0.2, 0.25) is 5.91 Å². The van der Waals surface area contributed by atoms with Crippen LogP contribution in [0.1, 0.15) is 25.8 Å². The Balaban J connectivity index is 2.20. The van der Waals surface area contributed by atoms with Crippen molar-refractivity contribution in [3.05, 3.63) is 23.8 Å². The zero-order valence-electron chi connectivity index (χ0n) is 12.0. The van der Waals surface area contributed by atoms with Crippen LogP contribution in [0.25, 0.3) is 0 Å². The highest BCUT2D eigenvalue weighted by Gasteiger charge is 2.27. The fraction of sp³-hybridized carbons (Fsp3) is 0.462. The maximum absolute atomic E-state index is 11.8. The summed E-state index contributed by atoms with van der Waals surface area (Å²) in [5.41, 5.74) is 0.717. The van der Waals surface area contributed by atoms with Gasteiger partial charge in [-0.2, -0.15) is 8.42 Å². The number of nitrogens with one attached hydrogen (secondary N) is 1. The molecule has 0 aliphatic carbocycles. The zero-order chi connectivity index (χ0) is 15.8. The molecule has 0 atom stereocenters. The van der Waals surface area contributed by atoms with Crippen LogP contribution in [-0.2, 0) is 21.4 Å². The first-order valence-corrected chi connectivity index (χ1v) is 8.02. The molecule has 1 amide bonds. The highest BCUT2D eigenvalue weighted by molar-refractivity contribution is 7.90. The summed E-state index contributed by atoms with van der Waals surface area (Å²) in [6.45, 7) is 3.38. The first-order valence-electron chi connectivity index (χ1n) is 6.52. The van der Waals surface area contributed by atoms with Gasteiger partial charge < -0.3 is 10.4 Å². The summed E-state index contributed by atoms with van der Waals surface area (Å²) in [6.07, 6.45) is 0.534. The van der Waals surface area contributed by atoms with Gasteiger partial charge in [-0.25, -0.2) is 5.14 Å². The van der Waals surface area contributed by atoms with Crippen LogP contribution in [-0.4, -0.2) is 31.6 Å². The maximum atomic E-state index is 11.8. The third kappa shape index (κ3) is 3.93. The second kappa shape index (κ2) is 5.28. The van der Waals surface area contributed by atoms with E-state index in [1.165, 1.54) is 13.8 Å². The first kappa shape index (κ1) is 15.7. The molecule has 7 nitrogen and oxygen atoms in total. The van der Waals surface area contributed by atoms with Crippen LogP contribution in [0.2, 0.25) is 0 Å². The normalized spacial score (nSPS) is 15.0. The van der Waals surface area contributed by atoms with E-state index in [-0.39, 0.29) is 12.3 Å². The molecule has 4 N–H and O–H groups in total. The van der Waals surface area contributed by atoms with Gasteiger partial charge in [0.05, 0.1) is 17.7 Å². The number of aliphatic hydroxyl groups is 1. The molecule has 0 unspecified atom stereocenters. The van der Waals surface area contributed by atoms with Gasteiger partial charge in [-0.15, -0.1) is 0 Å². The summed E-state index contributed by atoms with van der Waals surface area (Å²) in [6, 6.07) is 5.04. The fourth-order valence-electron chi connectivity index (χ4n) is 2.29. The summed E-state index contributed by atoms with van der Waals surface area (Å²) < 4.78 is 24.1. The molecule has 0 aromatic heterocycles. The van der Waals surface area contributed by atoms with E-state index in [2.05, 4.69) is 5.32 Å². The van der Waals surface area contributed by atoms with Gasteiger partial charge in [-0.1, -0.05) is 6.07 Å². The van der Waals surface area contributed by atoms with Gasteiger partial charge in [-0.05, 0) is 38.0 Å². The molecule has 8 heteroatoms. The van der Waals surface area contributed by atoms with E-state index >= 15 is 0 Å². The molecule has 2 rings (SSSR count). The maximum Gasteiger partial charge on any atom is 0.299 e. The topological polar surface area (TPSA) is 113 Å². The Morgan fingerprint density at radius 1 is 1.48 bits per heavy atom. The van der Waals surface area contributed by atoms with Crippen molar-refractivity contribution in [2.45, 2.75) is 32.3 Å². The summed E-state index contributed by atoms with van der Waals surface area (Å²) in [5, 5.41) is 17.4. The fourth-order valence-corrected chi connectivity index (χ4v) is 3.08. The summed E-state index contributed by atoms with van der Waals surface area (Å²) in [7, 11) is -3.81. The van der Waals surface area contributed by atoms with Crippen molar-refractivity contribution in [2.75, 3.05) is 16.2 Å². The van der Waals surface area contributed by atoms with E-state index in [1.807, 2.05) is 0 Å². The van der Waals surface area contributed by atoms with E-state index in [4.69, 9.17) is 5.14 Å². The molecule has 0 saturated heterocycles. The number of hydrogen-bond acceptors (Lipinski definition) is 4. The molecule has 1 aliphatic rings. The molecule has 0 saturated carbocycles. The molecule has 1 heterocycles. The van der Waals surface area contributed by atoms with Gasteiger partial charge in [0.1, 0.15) is 0 Å². The van der Waals surface area contributed by atoms with Crippen LogP contribution in [0.4, 0.5) is 11.4 Å². The van der Waals surface area contributed by atoms with Gasteiger partial charge in [0.15, 0.2) is 0 Å². The number of carbonyl (C=O) groups excluding carboxylic acids is 1. The largest absolute Gasteiger partial charge is 0.390 e. The summed E-state index contributed by atoms with van der Waals surface area (Å²) in [4.78, 5) is 11.8. The minimum Gasteiger partial charge on any atom is -0.390 e. The van der Waals surface area contributed by atoms with Crippen LogP contribution in [0.3, 0.4) is 0 Å². The molecule has 0 bridgehead atoms. The Hall–Kier alpha value is -1.64. The van der Waals surface area contributed by atoms with Crippen LogP contribution in [0.5, 0.6) is 0 Å². The van der Waals surface area contributed by atoms with Crippen molar-refractivity contribution in [3.63, 3.8) is 0 Å². The van der Waals surface area contributed by atoms with Crippen molar-refractivity contribution in [3.8, 4) is 0 Å². The molecule has 1 aromatic rings. The Morgan fingerprint density at radius 2 is 2.14 bits per heavy atom. The van der Waals surface area contributed by atoms with Crippen molar-refractivity contribution in [1.29, 1.82) is 0 Å². The molecule has 1 aromatic carbocycles. The van der Waals surface area contributed by atoms with Crippen LogP contribution >= 0.6 is 0 Å². The van der Waals surface area contributed by atoms with E-state index in [0.717, 1.165) is 9.87 Å². The molecule has 0 spiro atoms. The van der Waals surface area contributed by atoms with Crippen LogP contribution in [0, 0.1) is 0 Å². The first-order chi connectivity index (χ1) is 9.56. The zero-order valence-corrected chi connectivity index (χ0v) is 12.8. The van der Waals surface area contributed by atoms with Crippen molar-refractivity contribution in [2.24, 2.45) is 5.14 Å². The smallest absolute Gasteiger partial charge is 0.299 e. The highest BCUT2D eigenvalue weighted by atomic mass is 32.2. The second-order valence-corrected chi connectivity index (χ2v) is 7.22. The number of anilines is 2. The van der Waals surface area contributed by atoms with Crippen molar-refractivity contribution >= 4 is 27.5 Å². The number of amides is 1. The van der Waals surface area contributed by atoms with E-state index < -0.39 is 15.8 Å². The lowest BCUT2D eigenvalue weighted by molar-refractivity contribution is -0.119. The minimum absolute atomic E-state index is 0.0526. The van der Waals surface area contributed by atoms with E-state index in [9.17, 15) is 18.3 Å². The number of benzene rings is 1. The summed E-state index contributed by atoms with van der Waals surface area (Å²) >= 11 is 0. The predicted molar refractivity (Wildman–Crippen MR) is 80.1 cm³/mol. The lowest BCUT2D eigenvalue weighted by Crippen LogP contribution is -2.35. The van der Waals surface area contributed by atoms with Gasteiger partial charge in [0, 0.05) is 12.2 Å². The van der Waals surface area contributed by atoms with Crippen LogP contribution < -0.4 is 14.8 Å². The predicted octanol–water partition coefficient (Wildman–Crippen LogP) is 0.352. The van der Waals surface area contributed by atoms with Crippen molar-refractivity contribution < 1.29 is 18.3 Å². The van der Waals surface area contributed by atoms with Gasteiger partial charge in [-0.3, -0.25) is 9.10 Å². The number of nitrogens with zero attached hydrogens (tertiary/aromatic N) is 1. The monoisotopic (exact) mass is 313 g/mol. The standard InChI is InChI=1S/C13H19N3O4S/c1-13(2,18)8-12(17)15-10-4-3-9-5-6-16(11(9)7-10)21(14,19)20/h3-4,7,18H,5-6,8H2,1-2H3,(H,15,17)(H2,14,19,20). The average Bonchev–Trinajstić information content (AvgIpc) is 2.68. The van der Waals surface area contributed by atoms with Gasteiger partial charge in [0.25, 0.3) is 10.2 Å². The summed E-state index contributed by atoms with van der Waals surface area (Å²) in [5.74, 6) is -0.345. The number of nitrogens with two attached hydrogens (primary N) is 1. The molecular formula is C13H19N3O4S. The Kier molecular flexibility index (Phi) is 3.96. The highest BCUT2D eigenvalue weighted by Crippen LogP contribution is 2.32. The SMILES string of the molecule is CC(C)(O)CC(=O)Nc1ccc2c(c1)N(S(N)(=O)=O)CC2. The molecule has 0 fully saturated rings. The number of fused-ring (bicyclic) bond motifs is 1.